The van der Waals surface area contributed by atoms with Crippen LogP contribution in [0.2, 0.25) is 10.0 Å². The molecule has 1 aromatic carbocycles. The topological polar surface area (TPSA) is 37.4 Å². The molecule has 0 aliphatic heterocycles. The summed E-state index contributed by atoms with van der Waals surface area (Å²) in [6.07, 6.45) is 0. The highest BCUT2D eigenvalue weighted by molar-refractivity contribution is 7.89. The molecule has 0 heterocycles. The Balaban J connectivity index is 3.47. The van der Waals surface area contributed by atoms with Gasteiger partial charge in [0.1, 0.15) is 4.90 Å². The Kier molecular flexibility index (Phi) is 5.10. The molecule has 3 nitrogen and oxygen atoms in total. The second-order valence-electron chi connectivity index (χ2n) is 3.43. The van der Waals surface area contributed by atoms with Crippen LogP contribution in [0.4, 0.5) is 0 Å². The molecule has 0 aliphatic rings. The molecule has 0 saturated carbocycles. The number of alkyl halides is 1. The van der Waals surface area contributed by atoms with Crippen molar-refractivity contribution in [2.45, 2.75) is 17.7 Å². The summed E-state index contributed by atoms with van der Waals surface area (Å²) in [4.78, 5) is -0.00772. The highest BCUT2D eigenvalue weighted by atomic mass is 35.5. The summed E-state index contributed by atoms with van der Waals surface area (Å²) in [6, 6.07) is 2.89. The maximum atomic E-state index is 12.1. The number of halogens is 3. The van der Waals surface area contributed by atoms with Gasteiger partial charge in [-0.25, -0.2) is 12.7 Å². The Morgan fingerprint density at radius 3 is 2.35 bits per heavy atom. The van der Waals surface area contributed by atoms with Crippen LogP contribution in [0.5, 0.6) is 0 Å². The maximum Gasteiger partial charge on any atom is 0.244 e. The van der Waals surface area contributed by atoms with Crippen molar-refractivity contribution in [2.24, 2.45) is 0 Å². The molecule has 0 aliphatic carbocycles. The molecular formula is C10H12Cl3NO2S. The van der Waals surface area contributed by atoms with E-state index >= 15 is 0 Å². The van der Waals surface area contributed by atoms with Gasteiger partial charge in [0.05, 0.1) is 5.02 Å². The molecule has 0 unspecified atom stereocenters. The van der Waals surface area contributed by atoms with Crippen LogP contribution >= 0.6 is 34.8 Å². The van der Waals surface area contributed by atoms with Gasteiger partial charge in [-0.1, -0.05) is 30.1 Å². The Hall–Kier alpha value is -0.000000000000000111. The quantitative estimate of drug-likeness (QED) is 0.799. The molecule has 0 spiro atoms. The van der Waals surface area contributed by atoms with Gasteiger partial charge < -0.3 is 0 Å². The van der Waals surface area contributed by atoms with Crippen molar-refractivity contribution in [2.75, 3.05) is 13.6 Å². The number of nitrogens with zero attached hydrogens (tertiary/aromatic N) is 1. The van der Waals surface area contributed by atoms with Gasteiger partial charge in [0.15, 0.2) is 0 Å². The van der Waals surface area contributed by atoms with Gasteiger partial charge in [-0.3, -0.25) is 0 Å². The number of benzene rings is 1. The van der Waals surface area contributed by atoms with Gasteiger partial charge in [-0.2, -0.15) is 0 Å². The number of rotatable bonds is 4. The smallest absolute Gasteiger partial charge is 0.207 e. The molecule has 1 aromatic rings. The minimum absolute atomic E-state index is 0.00772. The highest BCUT2D eigenvalue weighted by Gasteiger charge is 2.24. The van der Waals surface area contributed by atoms with Gasteiger partial charge in [0.2, 0.25) is 10.0 Å². The Morgan fingerprint density at radius 1 is 1.29 bits per heavy atom. The first kappa shape index (κ1) is 15.1. The van der Waals surface area contributed by atoms with Crippen molar-refractivity contribution in [1.29, 1.82) is 0 Å². The molecule has 17 heavy (non-hydrogen) atoms. The normalized spacial score (nSPS) is 12.1. The molecule has 0 radical (unpaired) electrons. The molecule has 0 N–H and O–H groups in total. The van der Waals surface area contributed by atoms with E-state index in [4.69, 9.17) is 34.8 Å². The lowest BCUT2D eigenvalue weighted by Crippen LogP contribution is -2.27. The van der Waals surface area contributed by atoms with Crippen LogP contribution in [0.1, 0.15) is 12.5 Å². The zero-order valence-electron chi connectivity index (χ0n) is 9.37. The van der Waals surface area contributed by atoms with Gasteiger partial charge in [-0.05, 0) is 17.7 Å². The first-order valence-corrected chi connectivity index (χ1v) is 7.57. The lowest BCUT2D eigenvalue weighted by molar-refractivity contribution is 0.486. The summed E-state index contributed by atoms with van der Waals surface area (Å²) in [5, 5.41) is 0.429. The standard InChI is InChI=1S/C10H12Cl3NO2S/c1-3-14(2)17(15,16)9-5-8(12)4-7(6-11)10(9)13/h4-5H,3,6H2,1-2H3. The average molecular weight is 317 g/mol. The lowest BCUT2D eigenvalue weighted by Gasteiger charge is -2.17. The van der Waals surface area contributed by atoms with Crippen molar-refractivity contribution >= 4 is 44.8 Å². The minimum Gasteiger partial charge on any atom is -0.207 e. The molecule has 0 saturated heterocycles. The van der Waals surface area contributed by atoms with Crippen LogP contribution in [0.15, 0.2) is 17.0 Å². The zero-order chi connectivity index (χ0) is 13.2. The van der Waals surface area contributed by atoms with E-state index in [9.17, 15) is 8.42 Å². The molecule has 96 valence electrons. The van der Waals surface area contributed by atoms with Gasteiger partial charge >= 0.3 is 0 Å². The lowest BCUT2D eigenvalue weighted by atomic mass is 10.2. The number of hydrogen-bond donors (Lipinski definition) is 0. The molecular weight excluding hydrogens is 305 g/mol. The fourth-order valence-electron chi connectivity index (χ4n) is 1.24. The fraction of sp³-hybridized carbons (Fsp3) is 0.400. The summed E-state index contributed by atoms with van der Waals surface area (Å²) >= 11 is 17.6. The highest BCUT2D eigenvalue weighted by Crippen LogP contribution is 2.31. The van der Waals surface area contributed by atoms with Crippen molar-refractivity contribution in [3.8, 4) is 0 Å². The van der Waals surface area contributed by atoms with Gasteiger partial charge in [0.25, 0.3) is 0 Å². The van der Waals surface area contributed by atoms with Crippen LogP contribution in [0, 0.1) is 0 Å². The summed E-state index contributed by atoms with van der Waals surface area (Å²) in [6.45, 7) is 2.08. The second kappa shape index (κ2) is 5.76. The van der Waals surface area contributed by atoms with Crippen LogP contribution in [-0.2, 0) is 15.9 Å². The van der Waals surface area contributed by atoms with Crippen molar-refractivity contribution < 1.29 is 8.42 Å². The first-order valence-electron chi connectivity index (χ1n) is 4.84. The van der Waals surface area contributed by atoms with Gasteiger partial charge in [-0.15, -0.1) is 11.6 Å². The third-order valence-electron chi connectivity index (χ3n) is 2.36. The molecule has 1 rings (SSSR count). The largest absolute Gasteiger partial charge is 0.244 e. The van der Waals surface area contributed by atoms with Crippen LogP contribution in [-0.4, -0.2) is 26.3 Å². The maximum absolute atomic E-state index is 12.1. The average Bonchev–Trinajstić information content (AvgIpc) is 2.30. The zero-order valence-corrected chi connectivity index (χ0v) is 12.5. The molecule has 0 amide bonds. The van der Waals surface area contributed by atoms with E-state index in [0.717, 1.165) is 0 Å². The van der Waals surface area contributed by atoms with Crippen LogP contribution in [0.25, 0.3) is 0 Å². The van der Waals surface area contributed by atoms with Crippen LogP contribution < -0.4 is 0 Å². The summed E-state index contributed by atoms with van der Waals surface area (Å²) in [7, 11) is -2.14. The third-order valence-corrected chi connectivity index (χ3v) is 5.38. The fourth-order valence-corrected chi connectivity index (χ4v) is 3.60. The third kappa shape index (κ3) is 3.06. The predicted octanol–water partition coefficient (Wildman–Crippen LogP) is 3.37. The summed E-state index contributed by atoms with van der Waals surface area (Å²) in [5.41, 5.74) is 0.504. The molecule has 0 fully saturated rings. The van der Waals surface area contributed by atoms with E-state index in [1.54, 1.807) is 13.0 Å². The molecule has 0 aromatic heterocycles. The first-order chi connectivity index (χ1) is 7.84. The van der Waals surface area contributed by atoms with Crippen molar-refractivity contribution in [1.82, 2.24) is 4.31 Å². The monoisotopic (exact) mass is 315 g/mol. The minimum atomic E-state index is -3.62. The van der Waals surface area contributed by atoms with E-state index in [0.29, 0.717) is 17.1 Å². The van der Waals surface area contributed by atoms with Crippen molar-refractivity contribution in [3.05, 3.63) is 27.7 Å². The second-order valence-corrected chi connectivity index (χ2v) is 6.52. The van der Waals surface area contributed by atoms with Crippen molar-refractivity contribution in [3.63, 3.8) is 0 Å². The Morgan fingerprint density at radius 2 is 1.88 bits per heavy atom. The summed E-state index contributed by atoms with van der Waals surface area (Å²) in [5.74, 6) is 0.109. The van der Waals surface area contributed by atoms with E-state index < -0.39 is 10.0 Å². The summed E-state index contributed by atoms with van der Waals surface area (Å²) < 4.78 is 25.5. The molecule has 0 atom stereocenters. The number of sulfonamides is 1. The Bertz CT molecular complexity index is 517. The van der Waals surface area contributed by atoms with Gasteiger partial charge in [0, 0.05) is 24.5 Å². The Labute approximate surface area is 116 Å². The molecule has 0 bridgehead atoms. The number of hydrogen-bond acceptors (Lipinski definition) is 2. The van der Waals surface area contributed by atoms with E-state index in [1.165, 1.54) is 17.4 Å². The van der Waals surface area contributed by atoms with E-state index in [2.05, 4.69) is 0 Å². The SMILES string of the molecule is CCN(C)S(=O)(=O)c1cc(Cl)cc(CCl)c1Cl. The predicted molar refractivity (Wildman–Crippen MR) is 71.5 cm³/mol. The molecule has 7 heteroatoms. The van der Waals surface area contributed by atoms with Crippen LogP contribution in [0.3, 0.4) is 0 Å². The van der Waals surface area contributed by atoms with E-state index in [1.807, 2.05) is 0 Å². The van der Waals surface area contributed by atoms with E-state index in [-0.39, 0.29) is 15.8 Å².